The summed E-state index contributed by atoms with van der Waals surface area (Å²) in [5, 5.41) is -0.850. The molecule has 2 aromatic rings. The van der Waals surface area contributed by atoms with Gasteiger partial charge in [-0.3, -0.25) is 11.3 Å². The Kier molecular flexibility index (Phi) is 5.03. The van der Waals surface area contributed by atoms with Gasteiger partial charge in [-0.25, -0.2) is 4.98 Å². The number of hydrogen-bond donors (Lipinski definition) is 2. The third kappa shape index (κ3) is 3.95. The maximum Gasteiger partial charge on any atom is 0.443 e. The number of nitrogens with one attached hydrogen (secondary N) is 1. The Morgan fingerprint density at radius 1 is 1.30 bits per heavy atom. The van der Waals surface area contributed by atoms with Gasteiger partial charge in [0, 0.05) is 21.7 Å². The molecule has 3 nitrogen and oxygen atoms in total. The average Bonchev–Trinajstić information content (AvgIpc) is 2.90. The summed E-state index contributed by atoms with van der Waals surface area (Å²) in [6.45, 7) is 0. The summed E-state index contributed by atoms with van der Waals surface area (Å²) in [5.41, 5.74) is 2.54. The molecular formula is C12H12F3N3S2. The summed E-state index contributed by atoms with van der Waals surface area (Å²) in [6.07, 6.45) is -3.18. The van der Waals surface area contributed by atoms with Crippen molar-refractivity contribution in [2.45, 2.75) is 17.1 Å². The first-order chi connectivity index (χ1) is 9.50. The van der Waals surface area contributed by atoms with Crippen LogP contribution in [0.15, 0.2) is 41.4 Å². The smallest absolute Gasteiger partial charge is 0.271 e. The average molecular weight is 319 g/mol. The van der Waals surface area contributed by atoms with Crippen molar-refractivity contribution in [3.8, 4) is 0 Å². The molecule has 8 heteroatoms. The predicted molar refractivity (Wildman–Crippen MR) is 74.3 cm³/mol. The molecule has 1 atom stereocenters. The van der Waals surface area contributed by atoms with Crippen LogP contribution in [0.25, 0.3) is 0 Å². The van der Waals surface area contributed by atoms with E-state index in [9.17, 15) is 13.2 Å². The number of thioether (sulfide) groups is 1. The van der Waals surface area contributed by atoms with Crippen molar-refractivity contribution < 1.29 is 13.2 Å². The van der Waals surface area contributed by atoms with Crippen LogP contribution in [0.2, 0.25) is 0 Å². The van der Waals surface area contributed by atoms with Crippen LogP contribution in [0.1, 0.15) is 15.9 Å². The Balaban J connectivity index is 2.03. The maximum absolute atomic E-state index is 12.5. The van der Waals surface area contributed by atoms with Gasteiger partial charge in [-0.15, -0.1) is 23.1 Å². The molecule has 1 aromatic carbocycles. The van der Waals surface area contributed by atoms with E-state index in [1.165, 1.54) is 18.0 Å². The van der Waals surface area contributed by atoms with E-state index in [-0.39, 0.29) is 6.04 Å². The van der Waals surface area contributed by atoms with Crippen molar-refractivity contribution in [1.82, 2.24) is 10.4 Å². The lowest BCUT2D eigenvalue weighted by Gasteiger charge is -2.13. The third-order valence-corrected chi connectivity index (χ3v) is 4.73. The number of thiazole rings is 1. The van der Waals surface area contributed by atoms with Crippen LogP contribution in [0.4, 0.5) is 13.2 Å². The lowest BCUT2D eigenvalue weighted by molar-refractivity contribution is -0.137. The molecule has 0 spiro atoms. The Labute approximate surface area is 122 Å². The number of nitrogens with two attached hydrogens (primary N) is 1. The molecule has 0 aliphatic carbocycles. The molecule has 108 valence electrons. The maximum atomic E-state index is 12.5. The summed E-state index contributed by atoms with van der Waals surface area (Å²) in [6, 6.07) is 9.22. The van der Waals surface area contributed by atoms with Gasteiger partial charge in [0.1, 0.15) is 0 Å². The van der Waals surface area contributed by atoms with E-state index in [1.807, 2.05) is 30.3 Å². The molecule has 20 heavy (non-hydrogen) atoms. The highest BCUT2D eigenvalue weighted by Gasteiger charge is 2.35. The quantitative estimate of drug-likeness (QED) is 0.503. The lowest BCUT2D eigenvalue weighted by Crippen LogP contribution is -2.29. The fourth-order valence-electron chi connectivity index (χ4n) is 1.49. The molecule has 0 saturated heterocycles. The molecule has 0 saturated carbocycles. The van der Waals surface area contributed by atoms with E-state index in [1.54, 1.807) is 0 Å². The number of hydrogen-bond acceptors (Lipinski definition) is 5. The van der Waals surface area contributed by atoms with Gasteiger partial charge in [-0.05, 0) is 12.1 Å². The van der Waals surface area contributed by atoms with Crippen molar-refractivity contribution in [1.29, 1.82) is 0 Å². The number of nitrogens with zero attached hydrogens (tertiary/aromatic N) is 1. The fraction of sp³-hybridized carbons (Fsp3) is 0.250. The minimum Gasteiger partial charge on any atom is -0.271 e. The molecule has 3 N–H and O–H groups in total. The van der Waals surface area contributed by atoms with Gasteiger partial charge in [-0.2, -0.15) is 13.2 Å². The molecule has 2 rings (SSSR count). The first kappa shape index (κ1) is 15.3. The number of alkyl halides is 3. The third-order valence-electron chi connectivity index (χ3n) is 2.47. The Morgan fingerprint density at radius 2 is 2.00 bits per heavy atom. The minimum absolute atomic E-state index is 0.367. The molecular weight excluding hydrogens is 307 g/mol. The van der Waals surface area contributed by atoms with Gasteiger partial charge in [0.15, 0.2) is 5.01 Å². The number of aromatic nitrogens is 1. The van der Waals surface area contributed by atoms with Crippen LogP contribution < -0.4 is 11.3 Å². The van der Waals surface area contributed by atoms with Gasteiger partial charge in [0.05, 0.1) is 6.04 Å². The van der Waals surface area contributed by atoms with Crippen molar-refractivity contribution in [2.75, 3.05) is 5.75 Å². The van der Waals surface area contributed by atoms with Crippen molar-refractivity contribution in [2.24, 2.45) is 5.84 Å². The molecule has 0 aliphatic rings. The first-order valence-electron chi connectivity index (χ1n) is 5.67. The van der Waals surface area contributed by atoms with E-state index < -0.39 is 11.2 Å². The Bertz CT molecular complexity index is 542. The van der Waals surface area contributed by atoms with Gasteiger partial charge in [-0.1, -0.05) is 18.2 Å². The predicted octanol–water partition coefficient (Wildman–Crippen LogP) is 3.46. The normalized spacial score (nSPS) is 13.4. The molecule has 0 amide bonds. The standard InChI is InChI=1S/C12H12F3N3S2/c13-12(14,15)11-17-6-10(20-11)9(18-16)7-19-8-4-2-1-3-5-8/h1-6,9,18H,7,16H2. The van der Waals surface area contributed by atoms with Gasteiger partial charge in [0.25, 0.3) is 0 Å². The van der Waals surface area contributed by atoms with Crippen molar-refractivity contribution >= 4 is 23.1 Å². The number of hydrazine groups is 1. The second-order valence-electron chi connectivity index (χ2n) is 3.91. The summed E-state index contributed by atoms with van der Waals surface area (Å²) in [4.78, 5) is 4.91. The minimum atomic E-state index is -4.41. The van der Waals surface area contributed by atoms with Gasteiger partial charge >= 0.3 is 6.18 Å². The summed E-state index contributed by atoms with van der Waals surface area (Å²) < 4.78 is 37.5. The second-order valence-corrected chi connectivity index (χ2v) is 6.06. The van der Waals surface area contributed by atoms with E-state index in [0.29, 0.717) is 22.0 Å². The van der Waals surface area contributed by atoms with Gasteiger partial charge in [0.2, 0.25) is 0 Å². The zero-order valence-electron chi connectivity index (χ0n) is 10.2. The van der Waals surface area contributed by atoms with Crippen LogP contribution in [0, 0.1) is 0 Å². The SMILES string of the molecule is NNC(CSc1ccccc1)c1cnc(C(F)(F)F)s1. The number of benzene rings is 1. The van der Waals surface area contributed by atoms with Crippen LogP contribution in [0.5, 0.6) is 0 Å². The molecule has 0 aliphatic heterocycles. The van der Waals surface area contributed by atoms with Crippen LogP contribution in [-0.2, 0) is 6.18 Å². The first-order valence-corrected chi connectivity index (χ1v) is 7.48. The zero-order chi connectivity index (χ0) is 14.6. The lowest BCUT2D eigenvalue weighted by atomic mass is 10.3. The van der Waals surface area contributed by atoms with E-state index in [0.717, 1.165) is 4.90 Å². The topological polar surface area (TPSA) is 50.9 Å². The summed E-state index contributed by atoms with van der Waals surface area (Å²) in [7, 11) is 0. The molecule has 0 radical (unpaired) electrons. The van der Waals surface area contributed by atoms with Crippen molar-refractivity contribution in [3.05, 3.63) is 46.4 Å². The summed E-state index contributed by atoms with van der Waals surface area (Å²) >= 11 is 2.14. The molecule has 1 aromatic heterocycles. The molecule has 0 fully saturated rings. The number of halogens is 3. The van der Waals surface area contributed by atoms with Crippen LogP contribution >= 0.6 is 23.1 Å². The van der Waals surface area contributed by atoms with Crippen LogP contribution in [0.3, 0.4) is 0 Å². The largest absolute Gasteiger partial charge is 0.443 e. The molecule has 0 bridgehead atoms. The van der Waals surface area contributed by atoms with E-state index in [4.69, 9.17) is 5.84 Å². The Hall–Kier alpha value is -1.09. The monoisotopic (exact) mass is 319 g/mol. The molecule has 1 heterocycles. The highest BCUT2D eigenvalue weighted by Crippen LogP contribution is 2.35. The van der Waals surface area contributed by atoms with E-state index in [2.05, 4.69) is 10.4 Å². The highest BCUT2D eigenvalue weighted by molar-refractivity contribution is 7.99. The van der Waals surface area contributed by atoms with Crippen LogP contribution in [-0.4, -0.2) is 10.7 Å². The van der Waals surface area contributed by atoms with Gasteiger partial charge < -0.3 is 0 Å². The summed E-state index contributed by atoms with van der Waals surface area (Å²) in [5.74, 6) is 5.95. The van der Waals surface area contributed by atoms with E-state index >= 15 is 0 Å². The fourth-order valence-corrected chi connectivity index (χ4v) is 3.42. The second kappa shape index (κ2) is 6.57. The Morgan fingerprint density at radius 3 is 2.55 bits per heavy atom. The number of rotatable bonds is 5. The van der Waals surface area contributed by atoms with Crippen molar-refractivity contribution in [3.63, 3.8) is 0 Å². The zero-order valence-corrected chi connectivity index (χ0v) is 11.9. The molecule has 1 unspecified atom stereocenters. The highest BCUT2D eigenvalue weighted by atomic mass is 32.2.